The molecule has 1 saturated heterocycles. The smallest absolute Gasteiger partial charge is 0.112 e. The van der Waals surface area contributed by atoms with E-state index in [1.807, 2.05) is 6.07 Å². The maximum Gasteiger partial charge on any atom is 0.112 e. The van der Waals surface area contributed by atoms with Crippen molar-refractivity contribution in [2.45, 2.75) is 32.0 Å². The van der Waals surface area contributed by atoms with Crippen molar-refractivity contribution in [2.75, 3.05) is 13.2 Å². The molecule has 0 amide bonds. The second kappa shape index (κ2) is 3.86. The third kappa shape index (κ3) is 2.28. The zero-order valence-electron chi connectivity index (χ0n) is 9.69. The van der Waals surface area contributed by atoms with Gasteiger partial charge in [-0.1, -0.05) is 37.3 Å². The quantitative estimate of drug-likeness (QED) is 0.709. The Morgan fingerprint density at radius 2 is 2.06 bits per heavy atom. The molecule has 2 atom stereocenters. The molecule has 1 aromatic rings. The van der Waals surface area contributed by atoms with Gasteiger partial charge in [0.15, 0.2) is 0 Å². The van der Waals surface area contributed by atoms with E-state index in [4.69, 9.17) is 9.47 Å². The van der Waals surface area contributed by atoms with E-state index in [0.717, 1.165) is 13.2 Å². The van der Waals surface area contributed by atoms with Crippen LogP contribution in [-0.4, -0.2) is 19.3 Å². The topological polar surface area (TPSA) is 21.8 Å². The van der Waals surface area contributed by atoms with E-state index in [0.29, 0.717) is 5.41 Å². The van der Waals surface area contributed by atoms with Crippen LogP contribution in [0.25, 0.3) is 0 Å². The molecule has 86 valence electrons. The zero-order valence-corrected chi connectivity index (χ0v) is 9.69. The Bertz CT molecular complexity index is 356. The van der Waals surface area contributed by atoms with Crippen LogP contribution < -0.4 is 0 Å². The molecule has 0 aromatic heterocycles. The van der Waals surface area contributed by atoms with Crippen molar-refractivity contribution < 1.29 is 9.47 Å². The van der Waals surface area contributed by atoms with Crippen LogP contribution in [-0.2, 0) is 9.47 Å². The zero-order chi connectivity index (χ0) is 11.0. The predicted molar refractivity (Wildman–Crippen MR) is 62.2 cm³/mol. The summed E-state index contributed by atoms with van der Waals surface area (Å²) in [4.78, 5) is 0. The lowest BCUT2D eigenvalue weighted by atomic mass is 10.1. The first-order chi connectivity index (χ1) is 7.77. The van der Waals surface area contributed by atoms with Gasteiger partial charge in [0.2, 0.25) is 0 Å². The summed E-state index contributed by atoms with van der Waals surface area (Å²) in [7, 11) is 0. The molecular formula is C14H18O2. The van der Waals surface area contributed by atoms with Gasteiger partial charge in [-0.15, -0.1) is 0 Å². The number of benzene rings is 1. The Kier molecular flexibility index (Phi) is 2.49. The second-order valence-corrected chi connectivity index (χ2v) is 5.33. The molecule has 1 aliphatic carbocycles. The minimum Gasteiger partial charge on any atom is -0.378 e. The lowest BCUT2D eigenvalue weighted by Crippen LogP contribution is -2.10. The molecule has 3 rings (SSSR count). The standard InChI is InChI=1S/C14H18O2/c1-14(7-8-14)10-15-9-12-13(16-12)11-5-3-2-4-6-11/h2-6,12-13H,7-10H2,1H3. The number of ether oxygens (including phenoxy) is 2. The van der Waals surface area contributed by atoms with E-state index in [1.54, 1.807) is 0 Å². The van der Waals surface area contributed by atoms with Crippen LogP contribution in [0.15, 0.2) is 30.3 Å². The summed E-state index contributed by atoms with van der Waals surface area (Å²) in [5.41, 5.74) is 1.76. The summed E-state index contributed by atoms with van der Waals surface area (Å²) in [6, 6.07) is 10.4. The molecule has 2 fully saturated rings. The summed E-state index contributed by atoms with van der Waals surface area (Å²) in [6.45, 7) is 3.93. The van der Waals surface area contributed by atoms with Gasteiger partial charge in [0.25, 0.3) is 0 Å². The van der Waals surface area contributed by atoms with Crippen LogP contribution in [0, 0.1) is 5.41 Å². The van der Waals surface area contributed by atoms with Crippen molar-refractivity contribution in [1.82, 2.24) is 0 Å². The highest BCUT2D eigenvalue weighted by Crippen LogP contribution is 2.45. The van der Waals surface area contributed by atoms with Gasteiger partial charge in [-0.3, -0.25) is 0 Å². The minimum absolute atomic E-state index is 0.271. The monoisotopic (exact) mass is 218 g/mol. The van der Waals surface area contributed by atoms with Gasteiger partial charge in [-0.05, 0) is 23.8 Å². The number of hydrogen-bond donors (Lipinski definition) is 0. The molecule has 2 heteroatoms. The van der Waals surface area contributed by atoms with Gasteiger partial charge in [-0.2, -0.15) is 0 Å². The average Bonchev–Trinajstić information content (AvgIpc) is 3.19. The van der Waals surface area contributed by atoms with Crippen LogP contribution in [0.1, 0.15) is 31.4 Å². The molecular weight excluding hydrogens is 200 g/mol. The van der Waals surface area contributed by atoms with Crippen LogP contribution >= 0.6 is 0 Å². The van der Waals surface area contributed by atoms with E-state index in [2.05, 4.69) is 31.2 Å². The third-order valence-corrected chi connectivity index (χ3v) is 3.55. The summed E-state index contributed by atoms with van der Waals surface area (Å²) >= 11 is 0. The Balaban J connectivity index is 1.43. The summed E-state index contributed by atoms with van der Waals surface area (Å²) in [5.74, 6) is 0. The highest BCUT2D eigenvalue weighted by atomic mass is 16.6. The van der Waals surface area contributed by atoms with Crippen molar-refractivity contribution >= 4 is 0 Å². The first kappa shape index (κ1) is 10.3. The van der Waals surface area contributed by atoms with Crippen molar-refractivity contribution in [3.8, 4) is 0 Å². The minimum atomic E-state index is 0.271. The third-order valence-electron chi connectivity index (χ3n) is 3.55. The molecule has 16 heavy (non-hydrogen) atoms. The molecule has 0 N–H and O–H groups in total. The average molecular weight is 218 g/mol. The van der Waals surface area contributed by atoms with Gasteiger partial charge in [-0.25, -0.2) is 0 Å². The van der Waals surface area contributed by atoms with Gasteiger partial charge in [0.05, 0.1) is 13.2 Å². The largest absolute Gasteiger partial charge is 0.378 e. The Morgan fingerprint density at radius 1 is 1.31 bits per heavy atom. The van der Waals surface area contributed by atoms with E-state index in [9.17, 15) is 0 Å². The van der Waals surface area contributed by atoms with Crippen molar-refractivity contribution in [2.24, 2.45) is 5.41 Å². The highest BCUT2D eigenvalue weighted by molar-refractivity contribution is 5.22. The fourth-order valence-electron chi connectivity index (χ4n) is 1.98. The van der Waals surface area contributed by atoms with E-state index < -0.39 is 0 Å². The van der Waals surface area contributed by atoms with E-state index in [1.165, 1.54) is 18.4 Å². The van der Waals surface area contributed by atoms with E-state index in [-0.39, 0.29) is 12.2 Å². The van der Waals surface area contributed by atoms with Crippen LogP contribution in [0.3, 0.4) is 0 Å². The lowest BCUT2D eigenvalue weighted by Gasteiger charge is -2.07. The molecule has 2 nitrogen and oxygen atoms in total. The summed E-state index contributed by atoms with van der Waals surface area (Å²) in [5, 5.41) is 0. The van der Waals surface area contributed by atoms with Crippen LogP contribution in [0.5, 0.6) is 0 Å². The van der Waals surface area contributed by atoms with Crippen LogP contribution in [0.4, 0.5) is 0 Å². The molecule has 1 aliphatic heterocycles. The molecule has 1 saturated carbocycles. The summed E-state index contributed by atoms with van der Waals surface area (Å²) < 4.78 is 11.3. The molecule has 0 radical (unpaired) electrons. The fraction of sp³-hybridized carbons (Fsp3) is 0.571. The SMILES string of the molecule is CC1(COCC2OC2c2ccccc2)CC1. The van der Waals surface area contributed by atoms with Crippen molar-refractivity contribution in [3.63, 3.8) is 0 Å². The first-order valence-electron chi connectivity index (χ1n) is 6.05. The number of hydrogen-bond acceptors (Lipinski definition) is 2. The second-order valence-electron chi connectivity index (χ2n) is 5.33. The lowest BCUT2D eigenvalue weighted by molar-refractivity contribution is 0.0834. The molecule has 2 unspecified atom stereocenters. The molecule has 0 spiro atoms. The Hall–Kier alpha value is -0.860. The molecule has 1 aromatic carbocycles. The Labute approximate surface area is 96.6 Å². The molecule has 0 bridgehead atoms. The van der Waals surface area contributed by atoms with Gasteiger partial charge >= 0.3 is 0 Å². The maximum atomic E-state index is 5.71. The predicted octanol–water partition coefficient (Wildman–Crippen LogP) is 2.94. The number of rotatable bonds is 5. The van der Waals surface area contributed by atoms with Gasteiger partial charge < -0.3 is 9.47 Å². The van der Waals surface area contributed by atoms with E-state index >= 15 is 0 Å². The van der Waals surface area contributed by atoms with Crippen LogP contribution in [0.2, 0.25) is 0 Å². The maximum absolute atomic E-state index is 5.71. The van der Waals surface area contributed by atoms with Crippen molar-refractivity contribution in [1.29, 1.82) is 0 Å². The normalized spacial score (nSPS) is 30.1. The molecule has 2 aliphatic rings. The number of epoxide rings is 1. The van der Waals surface area contributed by atoms with Crippen molar-refractivity contribution in [3.05, 3.63) is 35.9 Å². The van der Waals surface area contributed by atoms with Gasteiger partial charge in [0.1, 0.15) is 12.2 Å². The Morgan fingerprint density at radius 3 is 2.75 bits per heavy atom. The first-order valence-corrected chi connectivity index (χ1v) is 6.05. The molecule has 1 heterocycles. The van der Waals surface area contributed by atoms with Gasteiger partial charge in [0, 0.05) is 0 Å². The highest BCUT2D eigenvalue weighted by Gasteiger charge is 2.42. The fourth-order valence-corrected chi connectivity index (χ4v) is 1.98. The summed E-state index contributed by atoms with van der Waals surface area (Å²) in [6.07, 6.45) is 3.19.